The van der Waals surface area contributed by atoms with E-state index in [9.17, 15) is 22.4 Å². The molecular weight excluding hydrogens is 411 g/mol. The Kier molecular flexibility index (Phi) is 5.35. The molecule has 0 atom stereocenters. The van der Waals surface area contributed by atoms with Crippen molar-refractivity contribution in [2.75, 3.05) is 26.2 Å². The van der Waals surface area contributed by atoms with Gasteiger partial charge in [-0.3, -0.25) is 14.2 Å². The molecule has 10 heteroatoms. The first-order valence-electron chi connectivity index (χ1n) is 9.34. The third-order valence-corrected chi connectivity index (χ3v) is 6.97. The lowest BCUT2D eigenvalue weighted by Crippen LogP contribution is -2.51. The topological polar surface area (TPSA) is 92.6 Å². The molecule has 0 bridgehead atoms. The van der Waals surface area contributed by atoms with Gasteiger partial charge in [0.1, 0.15) is 12.4 Å². The van der Waals surface area contributed by atoms with E-state index in [1.807, 2.05) is 0 Å². The number of para-hydroxylation sites is 2. The van der Waals surface area contributed by atoms with Gasteiger partial charge in [0.25, 0.3) is 5.56 Å². The predicted molar refractivity (Wildman–Crippen MR) is 108 cm³/mol. The highest BCUT2D eigenvalue weighted by molar-refractivity contribution is 7.89. The number of hydrogen-bond donors (Lipinski definition) is 0. The minimum Gasteiger partial charge on any atom is -0.338 e. The van der Waals surface area contributed by atoms with E-state index < -0.39 is 15.8 Å². The van der Waals surface area contributed by atoms with Crippen LogP contribution in [0.2, 0.25) is 0 Å². The lowest BCUT2D eigenvalue weighted by molar-refractivity contribution is -0.133. The molecule has 3 aromatic rings. The Labute approximate surface area is 172 Å². The second-order valence-corrected chi connectivity index (χ2v) is 8.85. The number of fused-ring (bicyclic) bond motifs is 1. The van der Waals surface area contributed by atoms with Crippen LogP contribution in [0.1, 0.15) is 0 Å². The fourth-order valence-corrected chi connectivity index (χ4v) is 4.92. The normalized spacial score (nSPS) is 15.4. The molecular formula is C20H19FN4O4S. The minimum absolute atomic E-state index is 0.0938. The van der Waals surface area contributed by atoms with Crippen LogP contribution in [-0.4, -0.2) is 59.3 Å². The monoisotopic (exact) mass is 430 g/mol. The number of sulfonamides is 1. The summed E-state index contributed by atoms with van der Waals surface area (Å²) in [5.41, 5.74) is 0.788. The summed E-state index contributed by atoms with van der Waals surface area (Å²) in [5, 5.41) is 0. The zero-order chi connectivity index (χ0) is 21.3. The van der Waals surface area contributed by atoms with Gasteiger partial charge in [0.05, 0.1) is 22.1 Å². The Morgan fingerprint density at radius 2 is 1.77 bits per heavy atom. The summed E-state index contributed by atoms with van der Waals surface area (Å²) in [6.07, 6.45) is 1.18. The van der Waals surface area contributed by atoms with Crippen molar-refractivity contribution in [3.63, 3.8) is 0 Å². The highest BCUT2D eigenvalue weighted by Crippen LogP contribution is 2.19. The Balaban J connectivity index is 1.47. The summed E-state index contributed by atoms with van der Waals surface area (Å²) >= 11 is 0. The average Bonchev–Trinajstić information content (AvgIpc) is 2.76. The van der Waals surface area contributed by atoms with Crippen LogP contribution in [0, 0.1) is 5.82 Å². The number of carbonyl (C=O) groups excluding carboxylic acids is 1. The highest BCUT2D eigenvalue weighted by Gasteiger charge is 2.30. The number of nitrogens with zero attached hydrogens (tertiary/aromatic N) is 4. The van der Waals surface area contributed by atoms with Gasteiger partial charge in [0.2, 0.25) is 15.9 Å². The number of hydrogen-bond acceptors (Lipinski definition) is 5. The zero-order valence-electron chi connectivity index (χ0n) is 15.9. The molecule has 30 heavy (non-hydrogen) atoms. The van der Waals surface area contributed by atoms with Gasteiger partial charge in [-0.25, -0.2) is 17.8 Å². The molecule has 4 rings (SSSR count). The molecule has 1 saturated heterocycles. The standard InChI is InChI=1S/C20H19FN4O4S/c21-15-4-3-5-16(12-15)30(28,29)24-10-8-23(9-11-24)20(27)14-25-18-7-2-1-6-17(18)22-13-19(25)26/h1-7,12-13H,8-11,14H2. The molecule has 0 radical (unpaired) electrons. The van der Waals surface area contributed by atoms with Crippen LogP contribution in [0.15, 0.2) is 64.4 Å². The van der Waals surface area contributed by atoms with Gasteiger partial charge in [-0.15, -0.1) is 0 Å². The fourth-order valence-electron chi connectivity index (χ4n) is 3.47. The third-order valence-electron chi connectivity index (χ3n) is 5.07. The van der Waals surface area contributed by atoms with Crippen molar-refractivity contribution in [1.29, 1.82) is 0 Å². The molecule has 0 unspecified atom stereocenters. The quantitative estimate of drug-likeness (QED) is 0.617. The van der Waals surface area contributed by atoms with E-state index in [1.165, 1.54) is 38.2 Å². The maximum Gasteiger partial charge on any atom is 0.269 e. The first-order chi connectivity index (χ1) is 14.4. The fraction of sp³-hybridized carbons (Fsp3) is 0.250. The van der Waals surface area contributed by atoms with Gasteiger partial charge >= 0.3 is 0 Å². The lowest BCUT2D eigenvalue weighted by Gasteiger charge is -2.34. The van der Waals surface area contributed by atoms with Crippen molar-refractivity contribution >= 4 is 27.0 Å². The second-order valence-electron chi connectivity index (χ2n) is 6.91. The van der Waals surface area contributed by atoms with Crippen molar-refractivity contribution in [3.8, 4) is 0 Å². The first kappa shape index (κ1) is 20.2. The van der Waals surface area contributed by atoms with Gasteiger partial charge in [-0.1, -0.05) is 18.2 Å². The first-order valence-corrected chi connectivity index (χ1v) is 10.8. The molecule has 0 aliphatic carbocycles. The van der Waals surface area contributed by atoms with Gasteiger partial charge in [-0.2, -0.15) is 4.31 Å². The van der Waals surface area contributed by atoms with Crippen molar-refractivity contribution in [3.05, 3.63) is 70.9 Å². The van der Waals surface area contributed by atoms with Crippen LogP contribution in [-0.2, 0) is 21.4 Å². The van der Waals surface area contributed by atoms with E-state index in [0.29, 0.717) is 11.0 Å². The van der Waals surface area contributed by atoms with E-state index in [0.717, 1.165) is 6.07 Å². The Morgan fingerprint density at radius 1 is 1.03 bits per heavy atom. The minimum atomic E-state index is -3.84. The number of rotatable bonds is 4. The van der Waals surface area contributed by atoms with Crippen LogP contribution in [0.4, 0.5) is 4.39 Å². The zero-order valence-corrected chi connectivity index (χ0v) is 16.8. The smallest absolute Gasteiger partial charge is 0.269 e. The summed E-state index contributed by atoms with van der Waals surface area (Å²) in [6.45, 7) is 0.405. The van der Waals surface area contributed by atoms with Crippen molar-refractivity contribution in [1.82, 2.24) is 18.8 Å². The largest absolute Gasteiger partial charge is 0.338 e. The molecule has 1 aliphatic rings. The Hall–Kier alpha value is -3.11. The van der Waals surface area contributed by atoms with Crippen molar-refractivity contribution in [2.24, 2.45) is 0 Å². The van der Waals surface area contributed by atoms with E-state index in [4.69, 9.17) is 0 Å². The van der Waals surface area contributed by atoms with Crippen molar-refractivity contribution in [2.45, 2.75) is 11.4 Å². The summed E-state index contributed by atoms with van der Waals surface area (Å²) in [4.78, 5) is 30.5. The molecule has 156 valence electrons. The number of benzene rings is 2. The SMILES string of the molecule is O=C(Cn1c(=O)cnc2ccccc21)N1CCN(S(=O)(=O)c2cccc(F)c2)CC1. The molecule has 1 amide bonds. The maximum atomic E-state index is 13.4. The van der Waals surface area contributed by atoms with E-state index in [-0.39, 0.29) is 49.1 Å². The maximum absolute atomic E-state index is 13.4. The molecule has 1 fully saturated rings. The number of amides is 1. The van der Waals surface area contributed by atoms with Crippen LogP contribution in [0.25, 0.3) is 11.0 Å². The van der Waals surface area contributed by atoms with Gasteiger partial charge < -0.3 is 4.90 Å². The molecule has 1 aliphatic heterocycles. The molecule has 2 aromatic carbocycles. The Morgan fingerprint density at radius 3 is 2.50 bits per heavy atom. The van der Waals surface area contributed by atoms with Crippen LogP contribution in [0.3, 0.4) is 0 Å². The summed E-state index contributed by atoms with van der Waals surface area (Å²) < 4.78 is 41.4. The summed E-state index contributed by atoms with van der Waals surface area (Å²) in [5.74, 6) is -0.906. The van der Waals surface area contributed by atoms with E-state index in [1.54, 1.807) is 24.3 Å². The number of halogens is 1. The summed E-state index contributed by atoms with van der Waals surface area (Å²) in [7, 11) is -3.84. The molecule has 0 spiro atoms. The number of aromatic nitrogens is 2. The van der Waals surface area contributed by atoms with Gasteiger partial charge in [0, 0.05) is 26.2 Å². The van der Waals surface area contributed by atoms with Gasteiger partial charge in [0.15, 0.2) is 0 Å². The number of carbonyl (C=O) groups is 1. The Bertz CT molecular complexity index is 1270. The predicted octanol–water partition coefficient (Wildman–Crippen LogP) is 1.07. The third kappa shape index (κ3) is 3.83. The van der Waals surface area contributed by atoms with E-state index in [2.05, 4.69) is 4.98 Å². The van der Waals surface area contributed by atoms with Crippen LogP contribution >= 0.6 is 0 Å². The van der Waals surface area contributed by atoms with E-state index >= 15 is 0 Å². The van der Waals surface area contributed by atoms with Crippen molar-refractivity contribution < 1.29 is 17.6 Å². The molecule has 0 N–H and O–H groups in total. The summed E-state index contributed by atoms with van der Waals surface area (Å²) in [6, 6.07) is 11.9. The van der Waals surface area contributed by atoms with Gasteiger partial charge in [-0.05, 0) is 30.3 Å². The van der Waals surface area contributed by atoms with Crippen LogP contribution in [0.5, 0.6) is 0 Å². The lowest BCUT2D eigenvalue weighted by atomic mass is 10.3. The molecule has 1 aromatic heterocycles. The molecule has 8 nitrogen and oxygen atoms in total. The van der Waals surface area contributed by atoms with Crippen LogP contribution < -0.4 is 5.56 Å². The second kappa shape index (κ2) is 7.96. The number of piperazine rings is 1. The average molecular weight is 430 g/mol. The highest BCUT2D eigenvalue weighted by atomic mass is 32.2. The molecule has 2 heterocycles. The molecule has 0 saturated carbocycles.